The normalized spacial score (nSPS) is 10.7. The molecule has 21 heavy (non-hydrogen) atoms. The third kappa shape index (κ3) is 3.61. The molecule has 5 nitrogen and oxygen atoms in total. The summed E-state index contributed by atoms with van der Waals surface area (Å²) in [6.07, 6.45) is 3.02. The van der Waals surface area contributed by atoms with Crippen LogP contribution in [0.25, 0.3) is 5.70 Å². The van der Waals surface area contributed by atoms with Crippen molar-refractivity contribution in [3.05, 3.63) is 72.2 Å². The fourth-order valence-corrected chi connectivity index (χ4v) is 1.67. The van der Waals surface area contributed by atoms with E-state index >= 15 is 0 Å². The Labute approximate surface area is 122 Å². The van der Waals surface area contributed by atoms with E-state index in [1.807, 2.05) is 0 Å². The molecule has 5 heteroatoms. The highest BCUT2D eigenvalue weighted by Gasteiger charge is 2.08. The number of benzene rings is 1. The molecule has 1 aromatic carbocycles. The van der Waals surface area contributed by atoms with Crippen molar-refractivity contribution in [3.8, 4) is 6.07 Å². The smallest absolute Gasteiger partial charge is 0.248 e. The van der Waals surface area contributed by atoms with Crippen LogP contribution in [0.2, 0.25) is 0 Å². The Balaban J connectivity index is 2.35. The molecule has 0 fully saturated rings. The Morgan fingerprint density at radius 3 is 2.81 bits per heavy atom. The van der Waals surface area contributed by atoms with Gasteiger partial charge in [-0.3, -0.25) is 4.79 Å². The molecular formula is C16H13N3O2. The van der Waals surface area contributed by atoms with Gasteiger partial charge < -0.3 is 15.5 Å². The van der Waals surface area contributed by atoms with E-state index in [0.717, 1.165) is 0 Å². The van der Waals surface area contributed by atoms with Gasteiger partial charge in [0, 0.05) is 11.3 Å². The first kappa shape index (κ1) is 14.2. The summed E-state index contributed by atoms with van der Waals surface area (Å²) in [4.78, 5) is 11.1. The second-order valence-electron chi connectivity index (χ2n) is 4.24. The molecule has 0 aliphatic heterocycles. The van der Waals surface area contributed by atoms with Crippen molar-refractivity contribution in [2.75, 3.05) is 5.32 Å². The third-order valence-corrected chi connectivity index (χ3v) is 2.69. The lowest BCUT2D eigenvalue weighted by molar-refractivity contribution is -0.114. The van der Waals surface area contributed by atoms with E-state index in [1.165, 1.54) is 12.3 Å². The predicted molar refractivity (Wildman–Crippen MR) is 79.8 cm³/mol. The largest absolute Gasteiger partial charge is 0.463 e. The van der Waals surface area contributed by atoms with Crippen molar-refractivity contribution in [3.63, 3.8) is 0 Å². The summed E-state index contributed by atoms with van der Waals surface area (Å²) in [7, 11) is 0. The highest BCUT2D eigenvalue weighted by Crippen LogP contribution is 2.21. The van der Waals surface area contributed by atoms with Crippen LogP contribution >= 0.6 is 0 Å². The van der Waals surface area contributed by atoms with E-state index in [4.69, 9.17) is 15.4 Å². The van der Waals surface area contributed by atoms with Gasteiger partial charge in [0.25, 0.3) is 0 Å². The first-order valence-corrected chi connectivity index (χ1v) is 6.11. The Kier molecular flexibility index (Phi) is 4.22. The van der Waals surface area contributed by atoms with Crippen LogP contribution in [0.15, 0.2) is 65.3 Å². The van der Waals surface area contributed by atoms with Crippen molar-refractivity contribution >= 4 is 17.3 Å². The molecule has 3 N–H and O–H groups in total. The number of furan rings is 1. The maximum absolute atomic E-state index is 11.1. The standard InChI is InChI=1S/C16H13N3O2/c1-11(16(18)20)8-14(15-6-3-7-21-15)19-13-5-2-4-12(9-13)10-17/h2-9,19H,1H2,(H2,18,20)/b14-8-. The summed E-state index contributed by atoms with van der Waals surface area (Å²) < 4.78 is 5.32. The summed E-state index contributed by atoms with van der Waals surface area (Å²) in [5.41, 5.74) is 7.07. The lowest BCUT2D eigenvalue weighted by Gasteiger charge is -2.09. The molecular weight excluding hydrogens is 266 g/mol. The second-order valence-corrected chi connectivity index (χ2v) is 4.24. The average Bonchev–Trinajstić information content (AvgIpc) is 3.00. The fourth-order valence-electron chi connectivity index (χ4n) is 1.67. The number of carbonyl (C=O) groups is 1. The molecule has 1 aromatic heterocycles. The van der Waals surface area contributed by atoms with Crippen molar-refractivity contribution in [1.29, 1.82) is 5.26 Å². The lowest BCUT2D eigenvalue weighted by Crippen LogP contribution is -2.12. The van der Waals surface area contributed by atoms with Crippen molar-refractivity contribution in [2.24, 2.45) is 5.73 Å². The average molecular weight is 279 g/mol. The zero-order valence-electron chi connectivity index (χ0n) is 11.2. The van der Waals surface area contributed by atoms with Crippen LogP contribution in [-0.4, -0.2) is 5.91 Å². The van der Waals surface area contributed by atoms with Gasteiger partial charge in [0.15, 0.2) is 0 Å². The van der Waals surface area contributed by atoms with Crippen molar-refractivity contribution in [1.82, 2.24) is 0 Å². The van der Waals surface area contributed by atoms with Gasteiger partial charge in [-0.2, -0.15) is 5.26 Å². The summed E-state index contributed by atoms with van der Waals surface area (Å²) in [6, 6.07) is 12.5. The van der Waals surface area contributed by atoms with E-state index in [-0.39, 0.29) is 5.57 Å². The number of primary amides is 1. The molecule has 2 aromatic rings. The molecule has 0 saturated carbocycles. The maximum Gasteiger partial charge on any atom is 0.248 e. The molecule has 0 atom stereocenters. The minimum Gasteiger partial charge on any atom is -0.463 e. The van der Waals surface area contributed by atoms with Crippen LogP contribution in [0.5, 0.6) is 0 Å². The van der Waals surface area contributed by atoms with Gasteiger partial charge in [-0.25, -0.2) is 0 Å². The van der Waals surface area contributed by atoms with Crippen LogP contribution in [0.3, 0.4) is 0 Å². The Morgan fingerprint density at radius 1 is 1.38 bits per heavy atom. The molecule has 0 aliphatic rings. The highest BCUT2D eigenvalue weighted by molar-refractivity contribution is 5.97. The number of hydrogen-bond donors (Lipinski definition) is 2. The molecule has 104 valence electrons. The maximum atomic E-state index is 11.1. The van der Waals surface area contributed by atoms with E-state index in [0.29, 0.717) is 22.7 Å². The third-order valence-electron chi connectivity index (χ3n) is 2.69. The molecule has 0 saturated heterocycles. The fraction of sp³-hybridized carbons (Fsp3) is 0. The number of nitriles is 1. The summed E-state index contributed by atoms with van der Waals surface area (Å²) >= 11 is 0. The molecule has 0 aliphatic carbocycles. The van der Waals surface area contributed by atoms with Crippen LogP contribution in [0, 0.1) is 11.3 Å². The van der Waals surface area contributed by atoms with Gasteiger partial charge >= 0.3 is 0 Å². The Bertz CT molecular complexity index is 737. The van der Waals surface area contributed by atoms with Gasteiger partial charge in [0.2, 0.25) is 5.91 Å². The second kappa shape index (κ2) is 6.26. The SMILES string of the molecule is C=C(/C=C(\Nc1cccc(C#N)c1)c1ccco1)C(N)=O. The zero-order valence-corrected chi connectivity index (χ0v) is 11.2. The number of anilines is 1. The van der Waals surface area contributed by atoms with Crippen LogP contribution in [0.1, 0.15) is 11.3 Å². The minimum absolute atomic E-state index is 0.144. The lowest BCUT2D eigenvalue weighted by atomic mass is 10.1. The highest BCUT2D eigenvalue weighted by atomic mass is 16.3. The molecule has 0 unspecified atom stereocenters. The van der Waals surface area contributed by atoms with Gasteiger partial charge in [-0.15, -0.1) is 0 Å². The number of nitrogens with zero attached hydrogens (tertiary/aromatic N) is 1. The molecule has 2 rings (SSSR count). The van der Waals surface area contributed by atoms with Crippen LogP contribution in [0.4, 0.5) is 5.69 Å². The number of hydrogen-bond acceptors (Lipinski definition) is 4. The van der Waals surface area contributed by atoms with E-state index in [1.54, 1.807) is 36.4 Å². The number of amides is 1. The number of rotatable bonds is 5. The van der Waals surface area contributed by atoms with Crippen molar-refractivity contribution in [2.45, 2.75) is 0 Å². The van der Waals surface area contributed by atoms with Gasteiger partial charge in [0.1, 0.15) is 5.76 Å². The quantitative estimate of drug-likeness (QED) is 0.650. The molecule has 1 heterocycles. The van der Waals surface area contributed by atoms with Crippen molar-refractivity contribution < 1.29 is 9.21 Å². The van der Waals surface area contributed by atoms with E-state index in [2.05, 4.69) is 18.0 Å². The van der Waals surface area contributed by atoms with Crippen LogP contribution < -0.4 is 11.1 Å². The summed E-state index contributed by atoms with van der Waals surface area (Å²) in [6.45, 7) is 3.59. The number of nitrogens with two attached hydrogens (primary N) is 1. The van der Waals surface area contributed by atoms with Gasteiger partial charge in [-0.1, -0.05) is 12.6 Å². The number of nitrogens with one attached hydrogen (secondary N) is 1. The van der Waals surface area contributed by atoms with E-state index < -0.39 is 5.91 Å². The Hall–Kier alpha value is -3.26. The van der Waals surface area contributed by atoms with E-state index in [9.17, 15) is 4.79 Å². The zero-order chi connectivity index (χ0) is 15.2. The minimum atomic E-state index is -0.619. The molecule has 0 bridgehead atoms. The molecule has 0 spiro atoms. The first-order chi connectivity index (χ1) is 10.1. The van der Waals surface area contributed by atoms with Gasteiger partial charge in [0.05, 0.1) is 23.6 Å². The molecule has 0 radical (unpaired) electrons. The van der Waals surface area contributed by atoms with Gasteiger partial charge in [-0.05, 0) is 36.4 Å². The predicted octanol–water partition coefficient (Wildman–Crippen LogP) is 2.65. The molecule has 1 amide bonds. The first-order valence-electron chi connectivity index (χ1n) is 6.11. The monoisotopic (exact) mass is 279 g/mol. The summed E-state index contributed by atoms with van der Waals surface area (Å²) in [5, 5.41) is 12.0. The Morgan fingerprint density at radius 2 is 2.19 bits per heavy atom. The summed E-state index contributed by atoms with van der Waals surface area (Å²) in [5.74, 6) is -0.0913. The topological polar surface area (TPSA) is 92.1 Å². The van der Waals surface area contributed by atoms with Crippen LogP contribution in [-0.2, 0) is 4.79 Å². The number of carbonyl (C=O) groups excluding carboxylic acids is 1.